The number of hydrogen-bond donors (Lipinski definition) is 0. The number of rotatable bonds is 2. The van der Waals surface area contributed by atoms with Crippen molar-refractivity contribution >= 4 is 15.9 Å². The number of alkyl halides is 1. The van der Waals surface area contributed by atoms with Crippen molar-refractivity contribution in [2.75, 3.05) is 19.8 Å². The van der Waals surface area contributed by atoms with Gasteiger partial charge >= 0.3 is 0 Å². The van der Waals surface area contributed by atoms with Crippen LogP contribution >= 0.6 is 15.9 Å². The Kier molecular flexibility index (Phi) is 3.15. The van der Waals surface area contributed by atoms with Gasteiger partial charge in [-0.05, 0) is 0 Å². The average molecular weight is 262 g/mol. The fraction of sp³-hybridized carbons (Fsp3) is 0.750. The zero-order chi connectivity index (χ0) is 9.97. The van der Waals surface area contributed by atoms with E-state index in [1.165, 1.54) is 0 Å². The summed E-state index contributed by atoms with van der Waals surface area (Å²) < 4.78 is 12.8. The van der Waals surface area contributed by atoms with Crippen LogP contribution in [0.4, 0.5) is 0 Å². The first kappa shape index (κ1) is 10.1. The fourth-order valence-electron chi connectivity index (χ4n) is 1.41. The van der Waals surface area contributed by atoms with Gasteiger partial charge in [0.15, 0.2) is 5.82 Å². The molecule has 0 saturated carbocycles. The second-order valence-electron chi connectivity index (χ2n) is 3.10. The van der Waals surface area contributed by atoms with Crippen molar-refractivity contribution < 1.29 is 9.47 Å². The third-order valence-electron chi connectivity index (χ3n) is 2.22. The summed E-state index contributed by atoms with van der Waals surface area (Å²) in [6.07, 6.45) is -0.0750. The van der Waals surface area contributed by atoms with Crippen LogP contribution in [0.1, 0.15) is 17.8 Å². The molecule has 1 atom stereocenters. The number of halogens is 1. The zero-order valence-electron chi connectivity index (χ0n) is 7.94. The Morgan fingerprint density at radius 3 is 2.93 bits per heavy atom. The Hall–Kier alpha value is -0.460. The van der Waals surface area contributed by atoms with Crippen LogP contribution in [0.2, 0.25) is 0 Å². The van der Waals surface area contributed by atoms with Crippen LogP contribution in [0.5, 0.6) is 0 Å². The van der Waals surface area contributed by atoms with Gasteiger partial charge in [0.05, 0.1) is 25.2 Å². The summed E-state index contributed by atoms with van der Waals surface area (Å²) in [6.45, 7) is 1.86. The van der Waals surface area contributed by atoms with Crippen LogP contribution in [0.25, 0.3) is 0 Å². The highest BCUT2D eigenvalue weighted by Crippen LogP contribution is 2.19. The minimum Gasteiger partial charge on any atom is -0.376 e. The number of ether oxygens (including phenoxy) is 2. The molecule has 1 aromatic rings. The quantitative estimate of drug-likeness (QED) is 0.740. The van der Waals surface area contributed by atoms with Crippen LogP contribution in [0, 0.1) is 0 Å². The maximum absolute atomic E-state index is 5.54. The first-order valence-corrected chi connectivity index (χ1v) is 5.58. The van der Waals surface area contributed by atoms with E-state index in [0.717, 1.165) is 11.6 Å². The number of aromatic nitrogens is 3. The van der Waals surface area contributed by atoms with Crippen molar-refractivity contribution in [2.24, 2.45) is 7.05 Å². The van der Waals surface area contributed by atoms with Gasteiger partial charge in [0.25, 0.3) is 0 Å². The lowest BCUT2D eigenvalue weighted by Gasteiger charge is -2.21. The molecule has 0 amide bonds. The summed E-state index contributed by atoms with van der Waals surface area (Å²) in [5, 5.41) is 8.83. The largest absolute Gasteiger partial charge is 0.376 e. The average Bonchev–Trinajstić information content (AvgIpc) is 2.61. The molecular formula is C8H12BrN3O2. The topological polar surface area (TPSA) is 49.2 Å². The Labute approximate surface area is 90.5 Å². The molecule has 1 fully saturated rings. The molecule has 0 radical (unpaired) electrons. The van der Waals surface area contributed by atoms with Crippen molar-refractivity contribution in [1.82, 2.24) is 14.8 Å². The molecule has 0 spiro atoms. The van der Waals surface area contributed by atoms with Crippen LogP contribution in [-0.4, -0.2) is 34.6 Å². The van der Waals surface area contributed by atoms with Crippen molar-refractivity contribution in [3.05, 3.63) is 11.6 Å². The second-order valence-corrected chi connectivity index (χ2v) is 3.66. The van der Waals surface area contributed by atoms with Crippen LogP contribution in [0.3, 0.4) is 0 Å². The van der Waals surface area contributed by atoms with Crippen LogP contribution in [0.15, 0.2) is 0 Å². The first-order valence-electron chi connectivity index (χ1n) is 4.46. The van der Waals surface area contributed by atoms with Crippen LogP contribution < -0.4 is 0 Å². The zero-order valence-corrected chi connectivity index (χ0v) is 9.53. The standard InChI is InChI=1S/C8H12BrN3O2/c1-12-7(4-9)10-11-8(12)6-5-13-2-3-14-6/h6H,2-5H2,1H3. The smallest absolute Gasteiger partial charge is 0.164 e. The summed E-state index contributed by atoms with van der Waals surface area (Å²) in [6, 6.07) is 0. The highest BCUT2D eigenvalue weighted by atomic mass is 79.9. The van der Waals surface area contributed by atoms with Gasteiger partial charge in [0, 0.05) is 7.05 Å². The molecule has 1 aliphatic rings. The van der Waals surface area contributed by atoms with Crippen molar-refractivity contribution in [3.63, 3.8) is 0 Å². The highest BCUT2D eigenvalue weighted by Gasteiger charge is 2.22. The highest BCUT2D eigenvalue weighted by molar-refractivity contribution is 9.08. The molecule has 5 nitrogen and oxygen atoms in total. The lowest BCUT2D eigenvalue weighted by Crippen LogP contribution is -2.24. The van der Waals surface area contributed by atoms with Gasteiger partial charge in [-0.3, -0.25) is 0 Å². The third-order valence-corrected chi connectivity index (χ3v) is 2.72. The molecule has 0 aliphatic carbocycles. The molecule has 14 heavy (non-hydrogen) atoms. The summed E-state index contributed by atoms with van der Waals surface area (Å²) in [5.74, 6) is 1.73. The van der Waals surface area contributed by atoms with Gasteiger partial charge in [-0.1, -0.05) is 15.9 Å². The normalized spacial score (nSPS) is 22.6. The summed E-state index contributed by atoms with van der Waals surface area (Å²) >= 11 is 3.35. The van der Waals surface area contributed by atoms with Crippen molar-refractivity contribution in [2.45, 2.75) is 11.4 Å². The molecule has 1 aromatic heterocycles. The van der Waals surface area contributed by atoms with E-state index in [1.807, 2.05) is 11.6 Å². The number of hydrogen-bond acceptors (Lipinski definition) is 4. The van der Waals surface area contributed by atoms with Gasteiger partial charge in [-0.2, -0.15) is 0 Å². The Morgan fingerprint density at radius 1 is 1.50 bits per heavy atom. The summed E-state index contributed by atoms with van der Waals surface area (Å²) in [4.78, 5) is 0. The fourth-order valence-corrected chi connectivity index (χ4v) is 1.90. The predicted octanol–water partition coefficient (Wildman–Crippen LogP) is 0.798. The van der Waals surface area contributed by atoms with Gasteiger partial charge in [-0.25, -0.2) is 0 Å². The first-order chi connectivity index (χ1) is 6.83. The maximum Gasteiger partial charge on any atom is 0.164 e. The summed E-state index contributed by atoms with van der Waals surface area (Å²) in [5.41, 5.74) is 0. The molecule has 0 bridgehead atoms. The van der Waals surface area contributed by atoms with E-state index < -0.39 is 0 Å². The Balaban J connectivity index is 2.18. The molecule has 1 unspecified atom stereocenters. The molecule has 78 valence electrons. The molecule has 2 heterocycles. The van der Waals surface area contributed by atoms with E-state index in [9.17, 15) is 0 Å². The lowest BCUT2D eigenvalue weighted by atomic mass is 10.3. The van der Waals surface area contributed by atoms with Gasteiger partial charge in [-0.15, -0.1) is 10.2 Å². The number of nitrogens with zero attached hydrogens (tertiary/aromatic N) is 3. The van der Waals surface area contributed by atoms with Crippen LogP contribution in [-0.2, 0) is 21.9 Å². The minimum absolute atomic E-state index is 0.0750. The second kappa shape index (κ2) is 4.37. The van der Waals surface area contributed by atoms with E-state index in [0.29, 0.717) is 25.2 Å². The molecule has 0 aromatic carbocycles. The molecule has 6 heteroatoms. The third kappa shape index (κ3) is 1.82. The van der Waals surface area contributed by atoms with E-state index in [1.54, 1.807) is 0 Å². The molecular weight excluding hydrogens is 250 g/mol. The van der Waals surface area contributed by atoms with Crippen molar-refractivity contribution in [1.29, 1.82) is 0 Å². The van der Waals surface area contributed by atoms with Gasteiger partial charge in [0.2, 0.25) is 0 Å². The SMILES string of the molecule is Cn1c(CBr)nnc1C1COCCO1. The van der Waals surface area contributed by atoms with Gasteiger partial charge in [0.1, 0.15) is 11.9 Å². The molecule has 1 aliphatic heterocycles. The monoisotopic (exact) mass is 261 g/mol. The summed E-state index contributed by atoms with van der Waals surface area (Å²) in [7, 11) is 1.93. The van der Waals surface area contributed by atoms with E-state index >= 15 is 0 Å². The van der Waals surface area contributed by atoms with E-state index in [4.69, 9.17) is 9.47 Å². The maximum atomic E-state index is 5.54. The molecule has 0 N–H and O–H groups in total. The van der Waals surface area contributed by atoms with E-state index in [2.05, 4.69) is 26.1 Å². The molecule has 2 rings (SSSR count). The van der Waals surface area contributed by atoms with Gasteiger partial charge < -0.3 is 14.0 Å². The van der Waals surface area contributed by atoms with Crippen molar-refractivity contribution in [3.8, 4) is 0 Å². The van der Waals surface area contributed by atoms with E-state index in [-0.39, 0.29) is 6.10 Å². The minimum atomic E-state index is -0.0750. The molecule has 1 saturated heterocycles. The Bertz CT molecular complexity index is 310. The predicted molar refractivity (Wildman–Crippen MR) is 53.1 cm³/mol. The Morgan fingerprint density at radius 2 is 2.36 bits per heavy atom. The lowest BCUT2D eigenvalue weighted by molar-refractivity contribution is -0.0945.